The molecule has 0 fully saturated rings. The molecule has 7 heteroatoms. The summed E-state index contributed by atoms with van der Waals surface area (Å²) in [6.45, 7) is 1.98. The number of carboxylic acids is 1. The quantitative estimate of drug-likeness (QED) is 0.569. The van der Waals surface area contributed by atoms with E-state index in [1.807, 2.05) is 6.92 Å². The zero-order valence-corrected chi connectivity index (χ0v) is 10.00. The molecule has 0 radical (unpaired) electrons. The number of carboxylic acid groups (broad SMARTS) is 1. The molecule has 98 valence electrons. The van der Waals surface area contributed by atoms with Gasteiger partial charge in [0.15, 0.2) is 6.20 Å². The fourth-order valence-corrected chi connectivity index (χ4v) is 1.45. The molecule has 0 bridgehead atoms. The molecule has 0 saturated heterocycles. The monoisotopic (exact) mass is 253 g/mol. The van der Waals surface area contributed by atoms with Crippen LogP contribution in [-0.4, -0.2) is 27.0 Å². The Hall–Kier alpha value is -2.18. The van der Waals surface area contributed by atoms with Crippen molar-refractivity contribution >= 4 is 17.5 Å². The number of nitrogens with one attached hydrogen (secondary N) is 1. The maximum absolute atomic E-state index is 11.0. The standard InChI is InChI=1S/C11H15N3O4/c1-2-3-4-9(11(15)16)13-8-5-6-10(12-7-8)14(17)18/h5-7,9,13H,2-4H2,1H3,(H,15,16). The lowest BCUT2D eigenvalue weighted by Gasteiger charge is -2.14. The predicted octanol–water partition coefficient (Wildman–Crippen LogP) is 2.05. The topological polar surface area (TPSA) is 105 Å². The molecular weight excluding hydrogens is 238 g/mol. The van der Waals surface area contributed by atoms with Crippen LogP contribution in [0.25, 0.3) is 0 Å². The number of aliphatic carboxylic acids is 1. The second-order valence-electron chi connectivity index (χ2n) is 3.84. The Kier molecular flexibility index (Phi) is 5.04. The summed E-state index contributed by atoms with van der Waals surface area (Å²) in [6.07, 6.45) is 3.47. The number of anilines is 1. The Morgan fingerprint density at radius 3 is 2.78 bits per heavy atom. The average Bonchev–Trinajstić information content (AvgIpc) is 2.34. The van der Waals surface area contributed by atoms with Crippen LogP contribution in [0.4, 0.5) is 11.5 Å². The van der Waals surface area contributed by atoms with Crippen LogP contribution in [-0.2, 0) is 4.79 Å². The maximum Gasteiger partial charge on any atom is 0.363 e. The van der Waals surface area contributed by atoms with Crippen molar-refractivity contribution in [3.8, 4) is 0 Å². The first kappa shape index (κ1) is 13.9. The summed E-state index contributed by atoms with van der Waals surface area (Å²) in [5, 5.41) is 22.2. The van der Waals surface area contributed by atoms with Gasteiger partial charge in [-0.15, -0.1) is 0 Å². The summed E-state index contributed by atoms with van der Waals surface area (Å²) in [5.41, 5.74) is 0.462. The van der Waals surface area contributed by atoms with E-state index < -0.39 is 16.9 Å². The van der Waals surface area contributed by atoms with E-state index in [2.05, 4.69) is 10.3 Å². The van der Waals surface area contributed by atoms with E-state index >= 15 is 0 Å². The molecule has 18 heavy (non-hydrogen) atoms. The van der Waals surface area contributed by atoms with Gasteiger partial charge in [-0.3, -0.25) is 0 Å². The van der Waals surface area contributed by atoms with E-state index in [1.165, 1.54) is 18.3 Å². The first-order valence-electron chi connectivity index (χ1n) is 5.64. The summed E-state index contributed by atoms with van der Waals surface area (Å²) in [5.74, 6) is -1.21. The minimum Gasteiger partial charge on any atom is -0.480 e. The van der Waals surface area contributed by atoms with Crippen molar-refractivity contribution in [2.75, 3.05) is 5.32 Å². The van der Waals surface area contributed by atoms with Gasteiger partial charge in [-0.05, 0) is 22.4 Å². The molecule has 1 unspecified atom stereocenters. The molecular formula is C11H15N3O4. The van der Waals surface area contributed by atoms with Crippen LogP contribution < -0.4 is 5.32 Å². The average molecular weight is 253 g/mol. The highest BCUT2D eigenvalue weighted by Gasteiger charge is 2.17. The van der Waals surface area contributed by atoms with Gasteiger partial charge in [0.1, 0.15) is 6.04 Å². The van der Waals surface area contributed by atoms with Crippen molar-refractivity contribution in [3.63, 3.8) is 0 Å². The first-order valence-corrected chi connectivity index (χ1v) is 5.64. The van der Waals surface area contributed by atoms with E-state index in [0.717, 1.165) is 12.8 Å². The molecule has 0 amide bonds. The molecule has 0 aromatic carbocycles. The largest absolute Gasteiger partial charge is 0.480 e. The van der Waals surface area contributed by atoms with Gasteiger partial charge in [0.25, 0.3) is 0 Å². The van der Waals surface area contributed by atoms with Crippen LogP contribution in [0.3, 0.4) is 0 Å². The summed E-state index contributed by atoms with van der Waals surface area (Å²) in [4.78, 5) is 24.4. The number of aromatic nitrogens is 1. The number of nitro groups is 1. The minimum absolute atomic E-state index is 0.263. The second-order valence-corrected chi connectivity index (χ2v) is 3.84. The Bertz CT molecular complexity index is 419. The third-order valence-corrected chi connectivity index (χ3v) is 2.42. The first-order chi connectivity index (χ1) is 8.54. The van der Waals surface area contributed by atoms with E-state index in [4.69, 9.17) is 5.11 Å². The number of unbranched alkanes of at least 4 members (excludes halogenated alkanes) is 1. The molecule has 1 heterocycles. The van der Waals surface area contributed by atoms with Gasteiger partial charge < -0.3 is 20.5 Å². The van der Waals surface area contributed by atoms with Gasteiger partial charge in [-0.2, -0.15) is 0 Å². The van der Waals surface area contributed by atoms with Crippen LogP contribution in [0.15, 0.2) is 18.3 Å². The third-order valence-electron chi connectivity index (χ3n) is 2.42. The molecule has 0 spiro atoms. The lowest BCUT2D eigenvalue weighted by molar-refractivity contribution is -0.389. The number of pyridine rings is 1. The van der Waals surface area contributed by atoms with Crippen molar-refractivity contribution in [2.24, 2.45) is 0 Å². The fraction of sp³-hybridized carbons (Fsp3) is 0.455. The summed E-state index contributed by atoms with van der Waals surface area (Å²) < 4.78 is 0. The molecule has 1 atom stereocenters. The van der Waals surface area contributed by atoms with Crippen molar-refractivity contribution in [2.45, 2.75) is 32.2 Å². The van der Waals surface area contributed by atoms with E-state index in [9.17, 15) is 14.9 Å². The van der Waals surface area contributed by atoms with Gasteiger partial charge >= 0.3 is 11.8 Å². The van der Waals surface area contributed by atoms with E-state index in [1.54, 1.807) is 0 Å². The highest BCUT2D eigenvalue weighted by atomic mass is 16.6. The molecule has 0 aliphatic carbocycles. The predicted molar refractivity (Wildman–Crippen MR) is 65.5 cm³/mol. The van der Waals surface area contributed by atoms with E-state index in [0.29, 0.717) is 12.1 Å². The molecule has 0 aliphatic heterocycles. The number of hydrogen-bond acceptors (Lipinski definition) is 5. The zero-order chi connectivity index (χ0) is 13.5. The van der Waals surface area contributed by atoms with Gasteiger partial charge in [0.2, 0.25) is 0 Å². The summed E-state index contributed by atoms with van der Waals surface area (Å²) >= 11 is 0. The molecule has 7 nitrogen and oxygen atoms in total. The SMILES string of the molecule is CCCCC(Nc1ccc([N+](=O)[O-])nc1)C(=O)O. The Labute approximate surface area is 104 Å². The van der Waals surface area contributed by atoms with Crippen molar-refractivity contribution < 1.29 is 14.8 Å². The van der Waals surface area contributed by atoms with Crippen LogP contribution in [0.1, 0.15) is 26.2 Å². The lowest BCUT2D eigenvalue weighted by atomic mass is 10.1. The van der Waals surface area contributed by atoms with Crippen LogP contribution in [0.5, 0.6) is 0 Å². The van der Waals surface area contributed by atoms with Crippen molar-refractivity contribution in [1.29, 1.82) is 0 Å². The zero-order valence-electron chi connectivity index (χ0n) is 10.00. The molecule has 1 aromatic heterocycles. The molecule has 1 aromatic rings. The fourth-order valence-electron chi connectivity index (χ4n) is 1.45. The highest BCUT2D eigenvalue weighted by molar-refractivity contribution is 5.77. The lowest BCUT2D eigenvalue weighted by Crippen LogP contribution is -2.29. The van der Waals surface area contributed by atoms with Crippen molar-refractivity contribution in [1.82, 2.24) is 4.98 Å². The highest BCUT2D eigenvalue weighted by Crippen LogP contribution is 2.14. The Morgan fingerprint density at radius 1 is 1.61 bits per heavy atom. The Balaban J connectivity index is 2.68. The third kappa shape index (κ3) is 4.00. The minimum atomic E-state index is -0.943. The number of carbonyl (C=O) groups is 1. The number of rotatable bonds is 7. The number of hydrogen-bond donors (Lipinski definition) is 2. The molecule has 0 saturated carbocycles. The van der Waals surface area contributed by atoms with Crippen LogP contribution in [0, 0.1) is 10.1 Å². The maximum atomic E-state index is 11.0. The van der Waals surface area contributed by atoms with Gasteiger partial charge in [0.05, 0.1) is 5.69 Å². The normalized spacial score (nSPS) is 11.8. The molecule has 0 aliphatic rings. The molecule has 1 rings (SSSR count). The number of nitrogens with zero attached hydrogens (tertiary/aromatic N) is 2. The van der Waals surface area contributed by atoms with E-state index in [-0.39, 0.29) is 5.82 Å². The smallest absolute Gasteiger partial charge is 0.363 e. The molecule has 2 N–H and O–H groups in total. The summed E-state index contributed by atoms with van der Waals surface area (Å²) in [7, 11) is 0. The Morgan fingerprint density at radius 2 is 2.33 bits per heavy atom. The van der Waals surface area contributed by atoms with Gasteiger partial charge in [-0.1, -0.05) is 19.8 Å². The van der Waals surface area contributed by atoms with Crippen LogP contribution in [0.2, 0.25) is 0 Å². The second kappa shape index (κ2) is 6.53. The summed E-state index contributed by atoms with van der Waals surface area (Å²) in [6, 6.07) is 1.99. The van der Waals surface area contributed by atoms with Gasteiger partial charge in [-0.25, -0.2) is 4.79 Å². The van der Waals surface area contributed by atoms with Crippen LogP contribution >= 0.6 is 0 Å². The van der Waals surface area contributed by atoms with Crippen molar-refractivity contribution in [3.05, 3.63) is 28.4 Å². The van der Waals surface area contributed by atoms with Gasteiger partial charge in [0, 0.05) is 6.07 Å².